The molecule has 7 heteroatoms. The van der Waals surface area contributed by atoms with E-state index in [2.05, 4.69) is 29.4 Å². The number of anilines is 1. The predicted molar refractivity (Wildman–Crippen MR) is 124 cm³/mol. The molecule has 0 saturated carbocycles. The van der Waals surface area contributed by atoms with Gasteiger partial charge in [-0.2, -0.15) is 0 Å². The Morgan fingerprint density at radius 3 is 2.59 bits per heavy atom. The van der Waals surface area contributed by atoms with Crippen LogP contribution in [-0.4, -0.2) is 57.3 Å². The van der Waals surface area contributed by atoms with E-state index in [-0.39, 0.29) is 24.0 Å². The number of hydrogen-bond donors (Lipinski definition) is 2. The Balaban J connectivity index is 0.00000364. The van der Waals surface area contributed by atoms with Crippen molar-refractivity contribution in [2.75, 3.05) is 51.8 Å². The minimum Gasteiger partial charge on any atom is -0.493 e. The lowest BCUT2D eigenvalue weighted by Gasteiger charge is -2.19. The molecule has 0 spiro atoms. The van der Waals surface area contributed by atoms with Crippen molar-refractivity contribution in [1.82, 2.24) is 10.2 Å². The van der Waals surface area contributed by atoms with Gasteiger partial charge in [-0.25, -0.2) is 0 Å². The van der Waals surface area contributed by atoms with Gasteiger partial charge in [-0.05, 0) is 57.8 Å². The molecule has 0 aliphatic carbocycles. The van der Waals surface area contributed by atoms with Crippen molar-refractivity contribution in [3.8, 4) is 11.5 Å². The Labute approximate surface area is 181 Å². The highest BCUT2D eigenvalue weighted by Gasteiger charge is 2.14. The molecule has 1 aliphatic rings. The molecule has 1 fully saturated rings. The molecule has 1 atom stereocenters. The van der Waals surface area contributed by atoms with Gasteiger partial charge in [-0.1, -0.05) is 6.92 Å². The van der Waals surface area contributed by atoms with Gasteiger partial charge in [0.15, 0.2) is 17.5 Å². The summed E-state index contributed by atoms with van der Waals surface area (Å²) < 4.78 is 11.0. The molecule has 1 aromatic rings. The quantitative estimate of drug-likeness (QED) is 0.313. The molecule has 0 amide bonds. The van der Waals surface area contributed by atoms with Crippen LogP contribution in [0.1, 0.15) is 33.6 Å². The number of methoxy groups -OCH3 is 1. The van der Waals surface area contributed by atoms with Crippen molar-refractivity contribution >= 4 is 35.6 Å². The lowest BCUT2D eigenvalue weighted by atomic mass is 10.2. The lowest BCUT2D eigenvalue weighted by molar-refractivity contribution is 0.291. The highest BCUT2D eigenvalue weighted by molar-refractivity contribution is 14.0. The van der Waals surface area contributed by atoms with Crippen molar-refractivity contribution in [3.63, 3.8) is 0 Å². The number of nitrogens with one attached hydrogen (secondary N) is 2. The van der Waals surface area contributed by atoms with Crippen molar-refractivity contribution in [1.29, 1.82) is 0 Å². The molecule has 1 unspecified atom stereocenters. The number of aliphatic imine (C=N–C) groups is 1. The number of ether oxygens (including phenoxy) is 2. The number of halogens is 1. The number of nitrogens with zero attached hydrogens (tertiary/aromatic N) is 2. The van der Waals surface area contributed by atoms with Crippen molar-refractivity contribution in [2.24, 2.45) is 10.9 Å². The second kappa shape index (κ2) is 13.0. The SMILES string of the molecule is CCNC(=NCC(C)CN1CCCC1)Nc1ccc(OC)c(OCC)c1.I. The van der Waals surface area contributed by atoms with Gasteiger partial charge >= 0.3 is 0 Å². The summed E-state index contributed by atoms with van der Waals surface area (Å²) in [6.45, 7) is 12.1. The van der Waals surface area contributed by atoms with Gasteiger partial charge in [0.25, 0.3) is 0 Å². The van der Waals surface area contributed by atoms with Crippen LogP contribution >= 0.6 is 24.0 Å². The molecule has 27 heavy (non-hydrogen) atoms. The maximum atomic E-state index is 5.65. The van der Waals surface area contributed by atoms with Gasteiger partial charge in [-0.15, -0.1) is 24.0 Å². The fourth-order valence-corrected chi connectivity index (χ4v) is 3.18. The number of likely N-dealkylation sites (tertiary alicyclic amines) is 1. The Kier molecular flexibility index (Phi) is 11.5. The summed E-state index contributed by atoms with van der Waals surface area (Å²) in [5.74, 6) is 2.81. The molecule has 1 aliphatic heterocycles. The van der Waals surface area contributed by atoms with Gasteiger partial charge in [0.1, 0.15) is 0 Å². The first-order valence-corrected chi connectivity index (χ1v) is 9.74. The Hall–Kier alpha value is -1.22. The fraction of sp³-hybridized carbons (Fsp3) is 0.650. The largest absolute Gasteiger partial charge is 0.493 e. The second-order valence-electron chi connectivity index (χ2n) is 6.76. The fourth-order valence-electron chi connectivity index (χ4n) is 3.18. The average Bonchev–Trinajstić information content (AvgIpc) is 3.13. The van der Waals surface area contributed by atoms with Crippen LogP contribution in [0.3, 0.4) is 0 Å². The molecule has 0 bridgehead atoms. The highest BCUT2D eigenvalue weighted by atomic mass is 127. The standard InChI is InChI=1S/C20H34N4O2.HI/c1-5-21-20(22-14-16(3)15-24-11-7-8-12-24)23-17-9-10-18(25-4)19(13-17)26-6-2;/h9-10,13,16H,5-8,11-12,14-15H2,1-4H3,(H2,21,22,23);1H. The molecular weight excluding hydrogens is 455 g/mol. The van der Waals surface area contributed by atoms with Crippen LogP contribution in [0, 0.1) is 5.92 Å². The van der Waals surface area contributed by atoms with Crippen LogP contribution in [-0.2, 0) is 0 Å². The van der Waals surface area contributed by atoms with Crippen LogP contribution < -0.4 is 20.1 Å². The zero-order chi connectivity index (χ0) is 18.8. The van der Waals surface area contributed by atoms with Gasteiger partial charge in [-0.3, -0.25) is 4.99 Å². The summed E-state index contributed by atoms with van der Waals surface area (Å²) in [5.41, 5.74) is 0.932. The lowest BCUT2D eigenvalue weighted by Crippen LogP contribution is -2.32. The number of guanidine groups is 1. The van der Waals surface area contributed by atoms with Crippen LogP contribution in [0.2, 0.25) is 0 Å². The molecule has 0 aromatic heterocycles. The zero-order valence-electron chi connectivity index (χ0n) is 17.1. The van der Waals surface area contributed by atoms with Crippen molar-refractivity contribution < 1.29 is 9.47 Å². The van der Waals surface area contributed by atoms with E-state index in [9.17, 15) is 0 Å². The predicted octanol–water partition coefficient (Wildman–Crippen LogP) is 3.82. The third kappa shape index (κ3) is 8.13. The van der Waals surface area contributed by atoms with E-state index in [0.717, 1.165) is 42.8 Å². The van der Waals surface area contributed by atoms with E-state index < -0.39 is 0 Å². The van der Waals surface area contributed by atoms with E-state index in [4.69, 9.17) is 14.5 Å². The topological polar surface area (TPSA) is 58.1 Å². The first kappa shape index (κ1) is 23.8. The molecule has 0 radical (unpaired) electrons. The van der Waals surface area contributed by atoms with E-state index in [1.807, 2.05) is 25.1 Å². The van der Waals surface area contributed by atoms with E-state index in [1.54, 1.807) is 7.11 Å². The van der Waals surface area contributed by atoms with E-state index in [1.165, 1.54) is 25.9 Å². The Morgan fingerprint density at radius 2 is 1.96 bits per heavy atom. The van der Waals surface area contributed by atoms with Gasteiger partial charge in [0.2, 0.25) is 0 Å². The van der Waals surface area contributed by atoms with Gasteiger partial charge in [0.05, 0.1) is 13.7 Å². The zero-order valence-corrected chi connectivity index (χ0v) is 19.4. The molecule has 1 aromatic carbocycles. The molecule has 6 nitrogen and oxygen atoms in total. The minimum atomic E-state index is 0. The molecule has 1 saturated heterocycles. The molecule has 154 valence electrons. The molecular formula is C20H35IN4O2. The van der Waals surface area contributed by atoms with Gasteiger partial charge in [0, 0.05) is 31.4 Å². The van der Waals surface area contributed by atoms with Crippen LogP contribution in [0.4, 0.5) is 5.69 Å². The van der Waals surface area contributed by atoms with E-state index >= 15 is 0 Å². The Bertz CT molecular complexity index is 577. The van der Waals surface area contributed by atoms with Crippen LogP contribution in [0.15, 0.2) is 23.2 Å². The molecule has 2 N–H and O–H groups in total. The normalized spacial score (nSPS) is 15.8. The third-order valence-corrected chi connectivity index (χ3v) is 4.40. The van der Waals surface area contributed by atoms with E-state index in [0.29, 0.717) is 12.5 Å². The monoisotopic (exact) mass is 490 g/mol. The number of benzene rings is 1. The molecule has 2 rings (SSSR count). The van der Waals surface area contributed by atoms with Crippen LogP contribution in [0.5, 0.6) is 11.5 Å². The Morgan fingerprint density at radius 1 is 1.22 bits per heavy atom. The maximum absolute atomic E-state index is 5.65. The summed E-state index contributed by atoms with van der Waals surface area (Å²) in [4.78, 5) is 7.30. The highest BCUT2D eigenvalue weighted by Crippen LogP contribution is 2.30. The second-order valence-corrected chi connectivity index (χ2v) is 6.76. The summed E-state index contributed by atoms with van der Waals surface area (Å²) in [5, 5.41) is 6.68. The van der Waals surface area contributed by atoms with Crippen LogP contribution in [0.25, 0.3) is 0 Å². The minimum absolute atomic E-state index is 0. The average molecular weight is 490 g/mol. The first-order chi connectivity index (χ1) is 12.7. The first-order valence-electron chi connectivity index (χ1n) is 9.74. The summed E-state index contributed by atoms with van der Waals surface area (Å²) in [6, 6.07) is 5.83. The number of rotatable bonds is 9. The van der Waals surface area contributed by atoms with Gasteiger partial charge < -0.3 is 25.0 Å². The smallest absolute Gasteiger partial charge is 0.195 e. The summed E-state index contributed by atoms with van der Waals surface area (Å²) in [6.07, 6.45) is 2.67. The third-order valence-electron chi connectivity index (χ3n) is 4.40. The van der Waals surface area contributed by atoms with Crippen molar-refractivity contribution in [3.05, 3.63) is 18.2 Å². The summed E-state index contributed by atoms with van der Waals surface area (Å²) >= 11 is 0. The van der Waals surface area contributed by atoms with Crippen molar-refractivity contribution in [2.45, 2.75) is 33.6 Å². The number of hydrogen-bond acceptors (Lipinski definition) is 4. The molecule has 1 heterocycles. The summed E-state index contributed by atoms with van der Waals surface area (Å²) in [7, 11) is 1.65. The maximum Gasteiger partial charge on any atom is 0.195 e.